The Kier molecular flexibility index (Phi) is 4.31. The molecule has 2 heterocycles. The third-order valence-electron chi connectivity index (χ3n) is 4.30. The van der Waals surface area contributed by atoms with Gasteiger partial charge in [-0.15, -0.1) is 0 Å². The van der Waals surface area contributed by atoms with Crippen LogP contribution in [0.5, 0.6) is 0 Å². The lowest BCUT2D eigenvalue weighted by Gasteiger charge is -2.18. The minimum atomic E-state index is -3.85. The highest BCUT2D eigenvalue weighted by Crippen LogP contribution is 2.40. The van der Waals surface area contributed by atoms with E-state index < -0.39 is 15.9 Å². The van der Waals surface area contributed by atoms with E-state index in [1.54, 1.807) is 12.1 Å². The maximum absolute atomic E-state index is 12.3. The van der Waals surface area contributed by atoms with Crippen LogP contribution in [0.1, 0.15) is 31.2 Å². The van der Waals surface area contributed by atoms with Crippen LogP contribution in [0.4, 0.5) is 0 Å². The lowest BCUT2D eigenvalue weighted by Crippen LogP contribution is -2.33. The Hall–Kier alpha value is -0.920. The minimum Gasteiger partial charge on any atom is -0.375 e. The van der Waals surface area contributed by atoms with Crippen LogP contribution in [0, 0.1) is 12.8 Å². The molecule has 2 bridgehead atoms. The van der Waals surface area contributed by atoms with Crippen LogP contribution in [0.3, 0.4) is 0 Å². The van der Waals surface area contributed by atoms with Gasteiger partial charge in [-0.3, -0.25) is 4.79 Å². The van der Waals surface area contributed by atoms with E-state index in [4.69, 9.17) is 4.74 Å². The van der Waals surface area contributed by atoms with Gasteiger partial charge in [0.2, 0.25) is 5.91 Å². The van der Waals surface area contributed by atoms with Crippen LogP contribution in [-0.2, 0) is 19.6 Å². The molecular weight excluding hydrogens is 370 g/mol. The number of nitrogens with one attached hydrogen (secondary N) is 1. The highest BCUT2D eigenvalue weighted by molar-refractivity contribution is 9.10. The first kappa shape index (κ1) is 16.0. The fourth-order valence-corrected chi connectivity index (χ4v) is 5.45. The average molecular weight is 388 g/mol. The van der Waals surface area contributed by atoms with Crippen molar-refractivity contribution in [3.63, 3.8) is 0 Å². The fraction of sp³-hybridized carbons (Fsp3) is 0.533. The van der Waals surface area contributed by atoms with Crippen molar-refractivity contribution in [3.05, 3.63) is 28.2 Å². The van der Waals surface area contributed by atoms with E-state index in [2.05, 4.69) is 20.7 Å². The summed E-state index contributed by atoms with van der Waals surface area (Å²) in [6, 6.07) is 4.91. The predicted octanol–water partition coefficient (Wildman–Crippen LogP) is 2.52. The number of fused-ring (bicyclic) bond motifs is 2. The molecule has 2 saturated heterocycles. The van der Waals surface area contributed by atoms with Crippen molar-refractivity contribution in [2.75, 3.05) is 0 Å². The summed E-state index contributed by atoms with van der Waals surface area (Å²) < 4.78 is 32.9. The van der Waals surface area contributed by atoms with E-state index in [9.17, 15) is 13.2 Å². The minimum absolute atomic E-state index is 0.0793. The molecular formula is C15H18BrNO4S. The average Bonchev–Trinajstić information content (AvgIpc) is 2.99. The Morgan fingerprint density at radius 2 is 2.18 bits per heavy atom. The number of carbonyl (C=O) groups is 1. The van der Waals surface area contributed by atoms with Gasteiger partial charge in [-0.2, -0.15) is 0 Å². The highest BCUT2D eigenvalue weighted by Gasteiger charge is 2.41. The lowest BCUT2D eigenvalue weighted by molar-refractivity contribution is -0.120. The van der Waals surface area contributed by atoms with Crippen LogP contribution in [0.2, 0.25) is 0 Å². The molecule has 0 saturated carbocycles. The number of hydrogen-bond acceptors (Lipinski definition) is 4. The summed E-state index contributed by atoms with van der Waals surface area (Å²) >= 11 is 3.24. The van der Waals surface area contributed by atoms with Gasteiger partial charge in [0, 0.05) is 10.9 Å². The molecule has 5 nitrogen and oxygen atoms in total. The second-order valence-electron chi connectivity index (χ2n) is 6.04. The lowest BCUT2D eigenvalue weighted by atomic mass is 9.87. The first-order chi connectivity index (χ1) is 10.3. The first-order valence-corrected chi connectivity index (χ1v) is 9.60. The maximum atomic E-state index is 12.3. The van der Waals surface area contributed by atoms with Gasteiger partial charge in [-0.25, -0.2) is 13.1 Å². The number of rotatable bonds is 4. The largest absolute Gasteiger partial charge is 0.375 e. The van der Waals surface area contributed by atoms with E-state index in [-0.39, 0.29) is 29.4 Å². The first-order valence-electron chi connectivity index (χ1n) is 7.32. The molecule has 3 atom stereocenters. The summed E-state index contributed by atoms with van der Waals surface area (Å²) in [4.78, 5) is 12.2. The maximum Gasteiger partial charge on any atom is 0.265 e. The predicted molar refractivity (Wildman–Crippen MR) is 84.8 cm³/mol. The molecule has 120 valence electrons. The third kappa shape index (κ3) is 3.21. The SMILES string of the molecule is Cc1ccc(S(=O)(=O)NC(=O)CC2CC3CCC2O3)c(Br)c1. The van der Waals surface area contributed by atoms with Crippen LogP contribution in [-0.4, -0.2) is 26.5 Å². The Labute approximate surface area is 138 Å². The van der Waals surface area contributed by atoms with Crippen molar-refractivity contribution in [3.8, 4) is 0 Å². The van der Waals surface area contributed by atoms with Crippen LogP contribution in [0.25, 0.3) is 0 Å². The molecule has 3 rings (SSSR count). The summed E-state index contributed by atoms with van der Waals surface area (Å²) in [5, 5.41) is 0. The number of ether oxygens (including phenoxy) is 1. The topological polar surface area (TPSA) is 72.5 Å². The Morgan fingerprint density at radius 3 is 2.77 bits per heavy atom. The third-order valence-corrected chi connectivity index (χ3v) is 6.65. The standard InChI is InChI=1S/C15H18BrNO4S/c1-9-2-5-14(12(16)6-9)22(19,20)17-15(18)8-10-7-11-3-4-13(10)21-11/h2,5-6,10-11,13H,3-4,7-8H2,1H3,(H,17,18). The molecule has 7 heteroatoms. The summed E-state index contributed by atoms with van der Waals surface area (Å²) in [6.45, 7) is 1.87. The Bertz CT molecular complexity index is 703. The van der Waals surface area contributed by atoms with E-state index in [0.29, 0.717) is 4.47 Å². The molecule has 2 aliphatic rings. The number of aryl methyl sites for hydroxylation is 1. The number of amides is 1. The van der Waals surface area contributed by atoms with Crippen molar-refractivity contribution in [2.45, 2.75) is 49.7 Å². The summed E-state index contributed by atoms with van der Waals surface area (Å²) in [5.41, 5.74) is 0.941. The van der Waals surface area contributed by atoms with Crippen molar-refractivity contribution in [1.82, 2.24) is 4.72 Å². The van der Waals surface area contributed by atoms with Gasteiger partial charge in [-0.05, 0) is 65.7 Å². The summed E-state index contributed by atoms with van der Waals surface area (Å²) in [5.74, 6) is -0.330. The Morgan fingerprint density at radius 1 is 1.41 bits per heavy atom. The van der Waals surface area contributed by atoms with Gasteiger partial charge in [0.05, 0.1) is 12.2 Å². The van der Waals surface area contributed by atoms with E-state index in [1.807, 2.05) is 6.92 Å². The van der Waals surface area contributed by atoms with Gasteiger partial charge in [0.1, 0.15) is 4.90 Å². The van der Waals surface area contributed by atoms with Crippen LogP contribution in [0.15, 0.2) is 27.6 Å². The highest BCUT2D eigenvalue weighted by atomic mass is 79.9. The summed E-state index contributed by atoms with van der Waals surface area (Å²) in [6.07, 6.45) is 3.45. The summed E-state index contributed by atoms with van der Waals surface area (Å²) in [7, 11) is -3.85. The van der Waals surface area contributed by atoms with Gasteiger partial charge in [0.15, 0.2) is 0 Å². The van der Waals surface area contributed by atoms with Crippen LogP contribution >= 0.6 is 15.9 Å². The second-order valence-corrected chi connectivity index (χ2v) is 8.54. The molecule has 1 amide bonds. The van der Waals surface area contributed by atoms with Crippen molar-refractivity contribution in [2.24, 2.45) is 5.92 Å². The van der Waals surface area contributed by atoms with Gasteiger partial charge >= 0.3 is 0 Å². The molecule has 2 aliphatic heterocycles. The van der Waals surface area contributed by atoms with Crippen LogP contribution < -0.4 is 4.72 Å². The number of carbonyl (C=O) groups excluding carboxylic acids is 1. The molecule has 1 N–H and O–H groups in total. The number of halogens is 1. The molecule has 0 radical (unpaired) electrons. The second kappa shape index (κ2) is 5.94. The van der Waals surface area contributed by atoms with Gasteiger partial charge in [0.25, 0.3) is 10.0 Å². The number of sulfonamides is 1. The van der Waals surface area contributed by atoms with Gasteiger partial charge in [-0.1, -0.05) is 6.07 Å². The molecule has 0 spiro atoms. The molecule has 1 aromatic carbocycles. The smallest absolute Gasteiger partial charge is 0.265 e. The molecule has 0 aromatic heterocycles. The normalized spacial score (nSPS) is 27.1. The van der Waals surface area contributed by atoms with Crippen molar-refractivity contribution >= 4 is 31.9 Å². The zero-order valence-electron chi connectivity index (χ0n) is 12.2. The number of benzene rings is 1. The molecule has 2 fully saturated rings. The van der Waals surface area contributed by atoms with E-state index in [0.717, 1.165) is 24.8 Å². The van der Waals surface area contributed by atoms with Gasteiger partial charge < -0.3 is 4.74 Å². The zero-order valence-corrected chi connectivity index (χ0v) is 14.6. The fourth-order valence-electron chi connectivity index (χ4n) is 3.27. The quantitative estimate of drug-likeness (QED) is 0.861. The van der Waals surface area contributed by atoms with Crippen molar-refractivity contribution < 1.29 is 17.9 Å². The van der Waals surface area contributed by atoms with Crippen molar-refractivity contribution in [1.29, 1.82) is 0 Å². The number of hydrogen-bond donors (Lipinski definition) is 1. The molecule has 22 heavy (non-hydrogen) atoms. The Balaban J connectivity index is 1.67. The molecule has 0 aliphatic carbocycles. The zero-order chi connectivity index (χ0) is 15.9. The van der Waals surface area contributed by atoms with E-state index >= 15 is 0 Å². The monoisotopic (exact) mass is 387 g/mol. The molecule has 1 aromatic rings. The van der Waals surface area contributed by atoms with E-state index in [1.165, 1.54) is 6.07 Å². The molecule has 3 unspecified atom stereocenters.